The fraction of sp³-hybridized carbons (Fsp3) is 0.476. The van der Waals surface area contributed by atoms with Crippen LogP contribution in [0.5, 0.6) is 0 Å². The summed E-state index contributed by atoms with van der Waals surface area (Å²) in [6, 6.07) is 9.81. The molecule has 2 aliphatic rings. The van der Waals surface area contributed by atoms with Crippen LogP contribution >= 0.6 is 11.8 Å². The summed E-state index contributed by atoms with van der Waals surface area (Å²) in [6.45, 7) is 5.82. The monoisotopic (exact) mass is 412 g/mol. The van der Waals surface area contributed by atoms with E-state index in [1.54, 1.807) is 22.4 Å². The third-order valence-electron chi connectivity index (χ3n) is 5.41. The van der Waals surface area contributed by atoms with Gasteiger partial charge in [0.2, 0.25) is 5.95 Å². The van der Waals surface area contributed by atoms with Gasteiger partial charge in [0.15, 0.2) is 5.96 Å². The number of rotatable bonds is 5. The lowest BCUT2D eigenvalue weighted by atomic mass is 10.1. The van der Waals surface area contributed by atoms with Crippen LogP contribution in [-0.2, 0) is 0 Å². The van der Waals surface area contributed by atoms with Crippen molar-refractivity contribution in [3.8, 4) is 0 Å². The molecule has 3 heterocycles. The van der Waals surface area contributed by atoms with Crippen LogP contribution in [0.4, 0.5) is 5.95 Å². The van der Waals surface area contributed by atoms with Gasteiger partial charge in [-0.2, -0.15) is 0 Å². The molecule has 2 aliphatic heterocycles. The first-order chi connectivity index (χ1) is 14.1. The zero-order valence-electron chi connectivity index (χ0n) is 17.0. The Morgan fingerprint density at radius 2 is 1.97 bits per heavy atom. The van der Waals surface area contributed by atoms with Gasteiger partial charge in [-0.1, -0.05) is 18.6 Å². The van der Waals surface area contributed by atoms with Gasteiger partial charge < -0.3 is 10.2 Å². The Bertz CT molecular complexity index is 933. The van der Waals surface area contributed by atoms with Crippen LogP contribution in [0.2, 0.25) is 0 Å². The van der Waals surface area contributed by atoms with E-state index in [9.17, 15) is 4.79 Å². The highest BCUT2D eigenvalue weighted by atomic mass is 32.2. The zero-order valence-corrected chi connectivity index (χ0v) is 17.8. The predicted molar refractivity (Wildman–Crippen MR) is 119 cm³/mol. The van der Waals surface area contributed by atoms with Crippen molar-refractivity contribution in [2.75, 3.05) is 37.8 Å². The Morgan fingerprint density at radius 1 is 1.21 bits per heavy atom. The van der Waals surface area contributed by atoms with Crippen molar-refractivity contribution < 1.29 is 0 Å². The summed E-state index contributed by atoms with van der Waals surface area (Å²) in [5, 5.41) is 6.60. The lowest BCUT2D eigenvalue weighted by Gasteiger charge is -2.31. The molecule has 0 bridgehead atoms. The predicted octanol–water partition coefficient (Wildman–Crippen LogP) is 2.68. The summed E-state index contributed by atoms with van der Waals surface area (Å²) < 4.78 is 1.66. The van der Waals surface area contributed by atoms with Crippen molar-refractivity contribution >= 4 is 23.7 Å². The van der Waals surface area contributed by atoms with Gasteiger partial charge in [0, 0.05) is 23.2 Å². The fourth-order valence-electron chi connectivity index (χ4n) is 3.87. The van der Waals surface area contributed by atoms with E-state index in [1.807, 2.05) is 6.92 Å². The van der Waals surface area contributed by atoms with Crippen LogP contribution in [0.15, 0.2) is 45.0 Å². The second-order valence-electron chi connectivity index (χ2n) is 7.51. The summed E-state index contributed by atoms with van der Waals surface area (Å²) >= 11 is 1.70. The third-order valence-corrected chi connectivity index (χ3v) is 6.15. The normalized spacial score (nSPS) is 20.8. The van der Waals surface area contributed by atoms with Gasteiger partial charge in [-0.3, -0.25) is 19.7 Å². The molecule has 1 fully saturated rings. The first-order valence-electron chi connectivity index (χ1n) is 10.2. The van der Waals surface area contributed by atoms with E-state index in [0.29, 0.717) is 24.1 Å². The summed E-state index contributed by atoms with van der Waals surface area (Å²) in [7, 11) is 0. The van der Waals surface area contributed by atoms with Gasteiger partial charge in [0.05, 0.1) is 6.54 Å². The van der Waals surface area contributed by atoms with Gasteiger partial charge in [-0.15, -0.1) is 11.8 Å². The van der Waals surface area contributed by atoms with Gasteiger partial charge in [-0.05, 0) is 56.8 Å². The number of hydrogen-bond acceptors (Lipinski definition) is 5. The molecule has 2 N–H and O–H groups in total. The Labute approximate surface area is 175 Å². The quantitative estimate of drug-likeness (QED) is 0.736. The van der Waals surface area contributed by atoms with E-state index < -0.39 is 0 Å². The molecule has 8 heteroatoms. The van der Waals surface area contributed by atoms with Crippen LogP contribution in [-0.4, -0.2) is 52.8 Å². The smallest absolute Gasteiger partial charge is 0.257 e. The molecule has 1 aromatic heterocycles. The first-order valence-corrected chi connectivity index (χ1v) is 11.4. The minimum absolute atomic E-state index is 0.0844. The molecule has 29 heavy (non-hydrogen) atoms. The average Bonchev–Trinajstić information content (AvgIpc) is 2.73. The molecule has 2 aromatic rings. The zero-order chi connectivity index (χ0) is 20.2. The molecular formula is C21H28N6OS. The molecule has 1 aromatic carbocycles. The largest absolute Gasteiger partial charge is 0.331 e. The van der Waals surface area contributed by atoms with Crippen LogP contribution in [0.25, 0.3) is 0 Å². The van der Waals surface area contributed by atoms with Gasteiger partial charge in [0.1, 0.15) is 6.17 Å². The number of piperidine rings is 1. The molecule has 154 valence electrons. The van der Waals surface area contributed by atoms with Crippen LogP contribution in [0.1, 0.15) is 36.7 Å². The number of aryl methyl sites for hydroxylation is 1. The highest BCUT2D eigenvalue weighted by Gasteiger charge is 2.26. The average molecular weight is 413 g/mol. The highest BCUT2D eigenvalue weighted by molar-refractivity contribution is 7.98. The Hall–Kier alpha value is -2.32. The number of hydrogen-bond donors (Lipinski definition) is 2. The Kier molecular flexibility index (Phi) is 6.20. The summed E-state index contributed by atoms with van der Waals surface area (Å²) in [6.07, 6.45) is 5.61. The second-order valence-corrected chi connectivity index (χ2v) is 8.39. The maximum absolute atomic E-state index is 12.7. The van der Waals surface area contributed by atoms with Crippen molar-refractivity contribution in [3.63, 3.8) is 0 Å². The van der Waals surface area contributed by atoms with E-state index in [4.69, 9.17) is 4.99 Å². The Morgan fingerprint density at radius 3 is 2.69 bits per heavy atom. The molecule has 1 saturated heterocycles. The van der Waals surface area contributed by atoms with Crippen molar-refractivity contribution in [2.45, 2.75) is 37.2 Å². The van der Waals surface area contributed by atoms with Crippen molar-refractivity contribution in [3.05, 3.63) is 51.9 Å². The number of nitrogens with zero attached hydrogens (tertiary/aromatic N) is 4. The number of benzene rings is 1. The van der Waals surface area contributed by atoms with Crippen molar-refractivity contribution in [1.82, 2.24) is 19.8 Å². The number of fused-ring (bicyclic) bond motifs is 1. The Balaban J connectivity index is 1.59. The van der Waals surface area contributed by atoms with E-state index in [-0.39, 0.29) is 11.7 Å². The molecule has 0 aliphatic carbocycles. The lowest BCUT2D eigenvalue weighted by molar-refractivity contribution is 0.235. The van der Waals surface area contributed by atoms with Crippen LogP contribution in [0, 0.1) is 6.92 Å². The fourth-order valence-corrected chi connectivity index (χ4v) is 4.28. The molecule has 0 saturated carbocycles. The first kappa shape index (κ1) is 20.0. The lowest BCUT2D eigenvalue weighted by Crippen LogP contribution is -2.48. The van der Waals surface area contributed by atoms with Crippen LogP contribution in [0.3, 0.4) is 0 Å². The molecule has 0 unspecified atom stereocenters. The highest BCUT2D eigenvalue weighted by Crippen LogP contribution is 2.24. The number of guanidine groups is 1. The minimum Gasteiger partial charge on any atom is -0.331 e. The summed E-state index contributed by atoms with van der Waals surface area (Å²) in [5.41, 5.74) is 1.61. The van der Waals surface area contributed by atoms with E-state index >= 15 is 0 Å². The minimum atomic E-state index is -0.337. The molecule has 0 amide bonds. The maximum Gasteiger partial charge on any atom is 0.257 e. The SMILES string of the molecule is CSc1ccc([C@H]2NC(=NCCN3CCCCC3)Nc3nc(C)cc(=O)n32)cc1. The summed E-state index contributed by atoms with van der Waals surface area (Å²) in [4.78, 5) is 25.7. The van der Waals surface area contributed by atoms with Crippen molar-refractivity contribution in [1.29, 1.82) is 0 Å². The number of thioether (sulfide) groups is 1. The van der Waals surface area contributed by atoms with E-state index in [2.05, 4.69) is 51.0 Å². The van der Waals surface area contributed by atoms with Crippen LogP contribution < -0.4 is 16.2 Å². The maximum atomic E-state index is 12.7. The number of nitrogens with one attached hydrogen (secondary N) is 2. The standard InChI is InChI=1S/C21H28N6OS/c1-15-14-18(28)27-19(16-6-8-17(29-2)9-7-16)24-20(25-21(27)23-15)22-10-13-26-11-4-3-5-12-26/h6-9,14,19H,3-5,10-13H2,1-2H3,(H2,22,23,24,25)/t19-/m0/s1. The number of likely N-dealkylation sites (tertiary alicyclic amines) is 1. The van der Waals surface area contributed by atoms with Gasteiger partial charge in [0.25, 0.3) is 5.56 Å². The molecule has 7 nitrogen and oxygen atoms in total. The van der Waals surface area contributed by atoms with E-state index in [1.165, 1.54) is 24.2 Å². The number of anilines is 1. The number of aromatic nitrogens is 2. The van der Waals surface area contributed by atoms with E-state index in [0.717, 1.165) is 25.2 Å². The number of aliphatic imine (C=N–C) groups is 1. The molecule has 0 radical (unpaired) electrons. The second kappa shape index (κ2) is 9.00. The molecule has 1 atom stereocenters. The third kappa shape index (κ3) is 4.64. The van der Waals surface area contributed by atoms with Gasteiger partial charge in [-0.25, -0.2) is 4.98 Å². The van der Waals surface area contributed by atoms with Gasteiger partial charge >= 0.3 is 0 Å². The topological polar surface area (TPSA) is 74.6 Å². The molecular weight excluding hydrogens is 384 g/mol. The molecule has 0 spiro atoms. The van der Waals surface area contributed by atoms with Crippen molar-refractivity contribution in [2.24, 2.45) is 4.99 Å². The summed E-state index contributed by atoms with van der Waals surface area (Å²) in [5.74, 6) is 1.20. The molecule has 4 rings (SSSR count).